The molecule has 6 aromatic heterocycles. The Kier molecular flexibility index (Phi) is 15.6. The molecule has 11 N–H and O–H groups in total. The van der Waals surface area contributed by atoms with Crippen molar-refractivity contribution in [2.75, 3.05) is 24.3 Å². The number of hydrogen-bond donors (Lipinski definition) is 9. The predicted octanol–water partition coefficient (Wildman–Crippen LogP) is 8.74. The van der Waals surface area contributed by atoms with Gasteiger partial charge in [0, 0.05) is 44.9 Å². The minimum Gasteiger partial charge on any atom is -0.508 e. The molecule has 12 rings (SSSR count). The first kappa shape index (κ1) is 60.7. The van der Waals surface area contributed by atoms with Crippen molar-refractivity contribution >= 4 is 87.6 Å². The Bertz CT molecular complexity index is 5150. The smallest absolute Gasteiger partial charge is 0.357 e. The number of para-hydroxylation sites is 2. The molecule has 6 heterocycles. The number of halogens is 1. The number of rotatable bonds is 20. The van der Waals surface area contributed by atoms with E-state index in [2.05, 4.69) is 47.9 Å². The van der Waals surface area contributed by atoms with Crippen molar-refractivity contribution in [2.45, 2.75) is 59.7 Å². The van der Waals surface area contributed by atoms with Gasteiger partial charge in [-0.25, -0.2) is 38.5 Å². The number of aromatic nitrogens is 14. The van der Waals surface area contributed by atoms with Crippen LogP contribution in [0.5, 0.6) is 34.8 Å². The molecule has 0 saturated heterocycles. The van der Waals surface area contributed by atoms with E-state index in [1.807, 2.05) is 83.0 Å². The van der Waals surface area contributed by atoms with Gasteiger partial charge in [-0.05, 0) is 154 Å². The van der Waals surface area contributed by atoms with Gasteiger partial charge in [-0.1, -0.05) is 34.9 Å². The minimum absolute atomic E-state index is 0.00422. The first-order chi connectivity index (χ1) is 43.4. The Morgan fingerprint density at radius 2 is 1.34 bits per heavy atom. The number of nitrogens with one attached hydrogen (secondary N) is 3. The number of fused-ring (bicyclic) bond motifs is 3. The molecule has 30 heteroatoms. The molecule has 0 bridgehead atoms. The van der Waals surface area contributed by atoms with Crippen molar-refractivity contribution in [1.82, 2.24) is 63.4 Å². The van der Waals surface area contributed by atoms with E-state index in [1.165, 1.54) is 30.2 Å². The molecule has 6 aromatic carbocycles. The lowest BCUT2D eigenvalue weighted by atomic mass is 10.1. The summed E-state index contributed by atoms with van der Waals surface area (Å²) in [6, 6.07) is 28.7. The quantitative estimate of drug-likeness (QED) is 0.0195. The zero-order valence-corrected chi connectivity index (χ0v) is 52.4. The van der Waals surface area contributed by atoms with Crippen LogP contribution in [-0.2, 0) is 26.4 Å². The summed E-state index contributed by atoms with van der Waals surface area (Å²) in [7, 11) is -4.39. The maximum absolute atomic E-state index is 14.9. The number of aromatic amines is 1. The predicted molar refractivity (Wildman–Crippen MR) is 350 cm³/mol. The molecule has 0 aliphatic carbocycles. The SMILES string of the molecule is C=C(O)Nc1n(CC(C)n2cnc3c(-n4c(NS(N)(=O)=CCC(C)n5cnc6c(-n7c(OS(=C)(N)=O)nnc7-c7cc(OC)c(O)cc7C)cccc65)nnc4-c4cc(OC)c(O)cc4C)cccc32)nc(-c2ccc(O)cc2C)[n+]1-c1cccc2[nH]c(Cl)cc12. The Balaban J connectivity index is 0.909. The van der Waals surface area contributed by atoms with Crippen LogP contribution in [0.3, 0.4) is 0 Å². The van der Waals surface area contributed by atoms with Crippen molar-refractivity contribution in [2.24, 2.45) is 10.3 Å². The molecule has 0 aliphatic heterocycles. The fraction of sp³-hybridized carbons (Fsp3) is 0.180. The zero-order chi connectivity index (χ0) is 64.5. The number of aliphatic hydroxyl groups is 1. The standard InChI is InChI=1S/C61H61ClN18O9S2/c1-32-23-38(82)19-20-39(32)58-73-77(60(67-37(6)81)79(58)44-14-10-13-43-42(44)28-53(62)68-43)29-36(5)76-31-66-54-46(76)16-11-17-47(54)78-56(40-26-51(87-7)49(83)24-33(40)2)69-71-59(78)74-91(64,86)22-21-35(4)75-30-65-55-45(75)15-12-18-48(55)80-57(70-72-61(80)89-90(9,63)85)41-27-52(88-8)50(84)25-34(41)3/h10-20,22-28,30-31,35-36,68H,6,9,21,29H2,1-5,7-8H3,(H9,63,64,69,70,71,73,74,81,82,83,84,85,86)/p+1. The average Bonchev–Trinajstić information content (AvgIpc) is 1.65. The first-order valence-corrected chi connectivity index (χ1v) is 31.8. The second-order valence-electron chi connectivity index (χ2n) is 21.8. The lowest BCUT2D eigenvalue weighted by Gasteiger charge is -2.17. The van der Waals surface area contributed by atoms with Crippen LogP contribution in [0.4, 0.5) is 11.9 Å². The van der Waals surface area contributed by atoms with E-state index in [0.29, 0.717) is 83.9 Å². The summed E-state index contributed by atoms with van der Waals surface area (Å²) >= 11 is 6.54. The van der Waals surface area contributed by atoms with Gasteiger partial charge in [0.05, 0.1) is 55.3 Å². The highest BCUT2D eigenvalue weighted by molar-refractivity contribution is 8.00. The molecular formula is C61H62ClN18O9S2+. The third-order valence-corrected chi connectivity index (χ3v) is 17.3. The number of hydrogen-bond acceptors (Lipinski definition) is 17. The van der Waals surface area contributed by atoms with Crippen LogP contribution in [0.25, 0.3) is 84.2 Å². The van der Waals surface area contributed by atoms with Gasteiger partial charge >= 0.3 is 12.0 Å². The Hall–Kier alpha value is -10.6. The molecule has 91 heavy (non-hydrogen) atoms. The van der Waals surface area contributed by atoms with E-state index in [4.69, 9.17) is 50.6 Å². The van der Waals surface area contributed by atoms with Crippen molar-refractivity contribution in [3.8, 4) is 86.0 Å². The monoisotopic (exact) mass is 1290 g/mol. The third-order valence-electron chi connectivity index (χ3n) is 15.5. The van der Waals surface area contributed by atoms with E-state index in [1.54, 1.807) is 84.3 Å². The number of aliphatic hydroxyl groups excluding tert-OH is 1. The second-order valence-corrected chi connectivity index (χ2v) is 25.5. The molecule has 0 fully saturated rings. The number of aryl methyl sites for hydroxylation is 3. The van der Waals surface area contributed by atoms with E-state index >= 15 is 0 Å². The number of aromatic hydroxyl groups is 3. The van der Waals surface area contributed by atoms with Crippen LogP contribution in [0, 0.1) is 20.8 Å². The minimum atomic E-state index is -3.63. The largest absolute Gasteiger partial charge is 0.508 e. The summed E-state index contributed by atoms with van der Waals surface area (Å²) in [6.45, 7) is 13.3. The number of imidazole rings is 2. The summed E-state index contributed by atoms with van der Waals surface area (Å²) in [5.74, 6) is 4.68. The molecule has 12 aromatic rings. The highest BCUT2D eigenvalue weighted by Crippen LogP contribution is 2.41. The molecule has 4 atom stereocenters. The number of benzene rings is 6. The molecule has 0 amide bonds. The van der Waals surface area contributed by atoms with E-state index in [9.17, 15) is 28.8 Å². The summed E-state index contributed by atoms with van der Waals surface area (Å²) in [4.78, 5) is 13.0. The maximum Gasteiger partial charge on any atom is 0.357 e. The molecule has 0 spiro atoms. The summed E-state index contributed by atoms with van der Waals surface area (Å²) < 4.78 is 57.8. The number of H-pyrrole nitrogens is 1. The van der Waals surface area contributed by atoms with E-state index in [-0.39, 0.29) is 71.2 Å². The zero-order valence-electron chi connectivity index (χ0n) is 50.0. The van der Waals surface area contributed by atoms with Gasteiger partial charge < -0.3 is 48.2 Å². The molecule has 4 unspecified atom stereocenters. The number of phenolic OH excluding ortho intramolecular Hbond substituents is 3. The van der Waals surface area contributed by atoms with Crippen molar-refractivity contribution in [1.29, 1.82) is 0 Å². The first-order valence-electron chi connectivity index (χ1n) is 28.0. The van der Waals surface area contributed by atoms with Crippen molar-refractivity contribution in [3.05, 3.63) is 150 Å². The number of anilines is 2. The van der Waals surface area contributed by atoms with Gasteiger partial charge in [-0.15, -0.1) is 20.0 Å². The third kappa shape index (κ3) is 11.4. The van der Waals surface area contributed by atoms with Crippen LogP contribution in [0.2, 0.25) is 5.15 Å². The number of ether oxygens (including phenoxy) is 2. The van der Waals surface area contributed by atoms with Gasteiger partial charge in [-0.3, -0.25) is 9.29 Å². The van der Waals surface area contributed by atoms with Gasteiger partial charge in [0.15, 0.2) is 44.6 Å². The van der Waals surface area contributed by atoms with Crippen LogP contribution < -0.4 is 38.5 Å². The molecular weight excluding hydrogens is 1230 g/mol. The van der Waals surface area contributed by atoms with Crippen LogP contribution in [0.15, 0.2) is 128 Å². The van der Waals surface area contributed by atoms with E-state index < -0.39 is 32.0 Å². The van der Waals surface area contributed by atoms with Gasteiger partial charge in [-0.2, -0.15) is 4.57 Å². The Morgan fingerprint density at radius 1 is 0.758 bits per heavy atom. The summed E-state index contributed by atoms with van der Waals surface area (Å²) in [5, 5.41) is 84.0. The second kappa shape index (κ2) is 23.4. The molecule has 0 radical (unpaired) electrons. The Morgan fingerprint density at radius 3 is 1.95 bits per heavy atom. The fourth-order valence-corrected chi connectivity index (χ4v) is 12.9. The van der Waals surface area contributed by atoms with Gasteiger partial charge in [0.25, 0.3) is 5.82 Å². The van der Waals surface area contributed by atoms with Crippen molar-refractivity contribution < 1.29 is 47.1 Å². The lowest BCUT2D eigenvalue weighted by molar-refractivity contribution is -0.567. The molecule has 0 saturated carbocycles. The van der Waals surface area contributed by atoms with Crippen LogP contribution in [0.1, 0.15) is 49.0 Å². The highest BCUT2D eigenvalue weighted by Gasteiger charge is 2.33. The molecule has 0 aliphatic rings. The molecule has 468 valence electrons. The van der Waals surface area contributed by atoms with Gasteiger partial charge in [0.2, 0.25) is 11.8 Å². The fourth-order valence-electron chi connectivity index (χ4n) is 11.2. The summed E-state index contributed by atoms with van der Waals surface area (Å²) in [5.41, 5.74) is 8.23. The van der Waals surface area contributed by atoms with Crippen LogP contribution in [-0.4, -0.2) is 118 Å². The number of phenols is 3. The highest BCUT2D eigenvalue weighted by atomic mass is 35.5. The lowest BCUT2D eigenvalue weighted by Crippen LogP contribution is -2.36. The normalized spacial score (nSPS) is 13.7. The topological polar surface area (TPSA) is 353 Å². The number of nitrogens with zero attached hydrogens (tertiary/aromatic N) is 13. The van der Waals surface area contributed by atoms with Crippen LogP contribution >= 0.6 is 11.6 Å². The summed E-state index contributed by atoms with van der Waals surface area (Å²) in [6.07, 6.45) is 3.45. The molecule has 27 nitrogen and oxygen atoms in total. The van der Waals surface area contributed by atoms with E-state index in [0.717, 1.165) is 16.5 Å². The average molecular weight is 1290 g/mol. The maximum atomic E-state index is 14.9. The van der Waals surface area contributed by atoms with Gasteiger partial charge in [0.1, 0.15) is 44.1 Å². The number of nitrogens with two attached hydrogens (primary N) is 2. The number of methoxy groups -OCH3 is 2. The van der Waals surface area contributed by atoms with Crippen molar-refractivity contribution in [3.63, 3.8) is 0 Å². The Labute approximate surface area is 525 Å².